The first-order valence-electron chi connectivity index (χ1n) is 7.54. The quantitative estimate of drug-likeness (QED) is 0.837. The predicted molar refractivity (Wildman–Crippen MR) is 87.2 cm³/mol. The van der Waals surface area contributed by atoms with E-state index in [2.05, 4.69) is 5.32 Å². The molecule has 3 rings (SSSR count). The number of nitrogens with one attached hydrogen (secondary N) is 1. The van der Waals surface area contributed by atoms with Crippen LogP contribution < -0.4 is 15.8 Å². The Morgan fingerprint density at radius 3 is 2.78 bits per heavy atom. The minimum atomic E-state index is -0.390. The Labute approximate surface area is 134 Å². The Hall–Kier alpha value is -2.82. The van der Waals surface area contributed by atoms with Gasteiger partial charge in [-0.05, 0) is 31.1 Å². The number of hydrogen-bond donors (Lipinski definition) is 2. The van der Waals surface area contributed by atoms with Gasteiger partial charge >= 0.3 is 0 Å². The van der Waals surface area contributed by atoms with Gasteiger partial charge in [-0.1, -0.05) is 30.4 Å². The molecule has 5 heteroatoms. The van der Waals surface area contributed by atoms with E-state index in [1.165, 1.54) is 6.26 Å². The molecule has 0 aromatic heterocycles. The van der Waals surface area contributed by atoms with Gasteiger partial charge in [0.15, 0.2) is 0 Å². The maximum atomic E-state index is 12.5. The lowest BCUT2D eigenvalue weighted by Gasteiger charge is -2.27. The molecule has 1 aliphatic carbocycles. The Kier molecular flexibility index (Phi) is 4.28. The largest absolute Gasteiger partial charge is 0.464 e. The smallest absolute Gasteiger partial charge is 0.251 e. The topological polar surface area (TPSA) is 81.4 Å². The van der Waals surface area contributed by atoms with Gasteiger partial charge in [0.1, 0.15) is 5.75 Å². The number of ether oxygens (including phenoxy) is 1. The lowest BCUT2D eigenvalue weighted by molar-refractivity contribution is -0.123. The van der Waals surface area contributed by atoms with Crippen molar-refractivity contribution in [1.29, 1.82) is 0 Å². The molecule has 0 radical (unpaired) electrons. The lowest BCUT2D eigenvalue weighted by atomic mass is 9.88. The van der Waals surface area contributed by atoms with Crippen molar-refractivity contribution in [2.75, 3.05) is 0 Å². The lowest BCUT2D eigenvalue weighted by Crippen LogP contribution is -2.46. The van der Waals surface area contributed by atoms with Crippen molar-refractivity contribution in [1.82, 2.24) is 5.32 Å². The summed E-state index contributed by atoms with van der Waals surface area (Å²) in [5.74, 6) is -0.308. The van der Waals surface area contributed by atoms with Gasteiger partial charge in [-0.25, -0.2) is 0 Å². The van der Waals surface area contributed by atoms with Crippen LogP contribution in [0.5, 0.6) is 5.75 Å². The van der Waals surface area contributed by atoms with E-state index in [-0.39, 0.29) is 17.9 Å². The molecule has 1 heterocycles. The number of para-hydroxylation sites is 1. The summed E-state index contributed by atoms with van der Waals surface area (Å²) in [4.78, 5) is 24.1. The molecule has 1 aliphatic heterocycles. The molecule has 0 unspecified atom stereocenters. The van der Waals surface area contributed by atoms with Crippen molar-refractivity contribution in [2.24, 2.45) is 11.7 Å². The summed E-state index contributed by atoms with van der Waals surface area (Å²) in [5, 5.41) is 2.91. The van der Waals surface area contributed by atoms with E-state index in [0.29, 0.717) is 24.2 Å². The molecule has 0 fully saturated rings. The molecular formula is C18H18N2O3. The van der Waals surface area contributed by atoms with Crippen LogP contribution in [0.2, 0.25) is 0 Å². The Morgan fingerprint density at radius 2 is 1.96 bits per heavy atom. The molecule has 0 saturated carbocycles. The number of hydrogen-bond acceptors (Lipinski definition) is 3. The van der Waals surface area contributed by atoms with Gasteiger partial charge in [0.25, 0.3) is 5.91 Å². The first kappa shape index (κ1) is 15.1. The highest BCUT2D eigenvalue weighted by atomic mass is 16.5. The number of nitrogens with two attached hydrogens (primary N) is 1. The van der Waals surface area contributed by atoms with Gasteiger partial charge in [0, 0.05) is 17.2 Å². The van der Waals surface area contributed by atoms with Gasteiger partial charge in [0.2, 0.25) is 5.91 Å². The molecule has 2 atom stereocenters. The summed E-state index contributed by atoms with van der Waals surface area (Å²) < 4.78 is 5.48. The van der Waals surface area contributed by atoms with E-state index in [1.54, 1.807) is 12.2 Å². The van der Waals surface area contributed by atoms with E-state index < -0.39 is 5.91 Å². The van der Waals surface area contributed by atoms with E-state index in [9.17, 15) is 9.59 Å². The van der Waals surface area contributed by atoms with Gasteiger partial charge in [-0.15, -0.1) is 0 Å². The Morgan fingerprint density at radius 1 is 1.17 bits per heavy atom. The molecule has 0 saturated heterocycles. The fourth-order valence-electron chi connectivity index (χ4n) is 2.78. The van der Waals surface area contributed by atoms with E-state index >= 15 is 0 Å². The van der Waals surface area contributed by atoms with Crippen molar-refractivity contribution in [3.05, 3.63) is 59.9 Å². The normalized spacial score (nSPS) is 22.3. The number of fused-ring (bicyclic) bond motifs is 1. The summed E-state index contributed by atoms with van der Waals surface area (Å²) in [7, 11) is 0. The number of benzene rings is 1. The van der Waals surface area contributed by atoms with Crippen LogP contribution in [-0.2, 0) is 9.59 Å². The number of amides is 2. The van der Waals surface area contributed by atoms with Crippen molar-refractivity contribution >= 4 is 17.9 Å². The SMILES string of the molecule is NC(=O)[C@@H]1CC=CC[C@H]1NC(=O)C1=Cc2ccccc2OC=C1. The second-order valence-electron chi connectivity index (χ2n) is 5.59. The van der Waals surface area contributed by atoms with Crippen molar-refractivity contribution in [2.45, 2.75) is 18.9 Å². The molecule has 118 valence electrons. The van der Waals surface area contributed by atoms with Crippen molar-refractivity contribution < 1.29 is 14.3 Å². The van der Waals surface area contributed by atoms with Crippen LogP contribution >= 0.6 is 0 Å². The fraction of sp³-hybridized carbons (Fsp3) is 0.222. The number of carbonyl (C=O) groups is 2. The van der Waals surface area contributed by atoms with Gasteiger partial charge in [-0.3, -0.25) is 9.59 Å². The van der Waals surface area contributed by atoms with Gasteiger partial charge < -0.3 is 15.8 Å². The second kappa shape index (κ2) is 6.52. The third-order valence-corrected chi connectivity index (χ3v) is 4.05. The van der Waals surface area contributed by atoms with Crippen LogP contribution in [0, 0.1) is 5.92 Å². The maximum Gasteiger partial charge on any atom is 0.251 e. The first-order valence-corrected chi connectivity index (χ1v) is 7.54. The summed E-state index contributed by atoms with van der Waals surface area (Å²) in [5.41, 5.74) is 6.74. The standard InChI is InChI=1S/C18H18N2O3/c19-17(21)14-6-2-3-7-15(14)20-18(22)13-9-10-23-16-8-4-1-5-12(16)11-13/h1-5,8-11,14-15H,6-7H2,(H2,19,21)(H,20,22)/t14-,15-/m1/s1. The third kappa shape index (κ3) is 3.34. The molecule has 2 amide bonds. The fourth-order valence-corrected chi connectivity index (χ4v) is 2.78. The Balaban J connectivity index is 1.79. The number of primary amides is 1. The average molecular weight is 310 g/mol. The average Bonchev–Trinajstić information content (AvgIpc) is 2.77. The van der Waals surface area contributed by atoms with E-state index in [0.717, 1.165) is 5.56 Å². The van der Waals surface area contributed by atoms with Crippen LogP contribution in [0.3, 0.4) is 0 Å². The minimum Gasteiger partial charge on any atom is -0.464 e. The minimum absolute atomic E-state index is 0.242. The van der Waals surface area contributed by atoms with Gasteiger partial charge in [0.05, 0.1) is 12.2 Å². The molecular weight excluding hydrogens is 292 g/mol. The summed E-state index contributed by atoms with van der Waals surface area (Å²) in [6.07, 6.45) is 9.92. The summed E-state index contributed by atoms with van der Waals surface area (Å²) >= 11 is 0. The molecule has 0 spiro atoms. The number of allylic oxidation sites excluding steroid dienone is 1. The van der Waals surface area contributed by atoms with Crippen LogP contribution in [0.1, 0.15) is 18.4 Å². The zero-order valence-corrected chi connectivity index (χ0v) is 12.6. The molecule has 0 bridgehead atoms. The highest BCUT2D eigenvalue weighted by Gasteiger charge is 2.29. The summed E-state index contributed by atoms with van der Waals surface area (Å²) in [6, 6.07) is 7.20. The highest BCUT2D eigenvalue weighted by Crippen LogP contribution is 2.25. The summed E-state index contributed by atoms with van der Waals surface area (Å²) in [6.45, 7) is 0. The van der Waals surface area contributed by atoms with Gasteiger partial charge in [-0.2, -0.15) is 0 Å². The number of carbonyl (C=O) groups excluding carboxylic acids is 2. The van der Waals surface area contributed by atoms with Crippen LogP contribution in [-0.4, -0.2) is 17.9 Å². The van der Waals surface area contributed by atoms with Crippen LogP contribution in [0.15, 0.2) is 54.3 Å². The Bertz CT molecular complexity index is 719. The molecule has 1 aromatic rings. The maximum absolute atomic E-state index is 12.5. The highest BCUT2D eigenvalue weighted by molar-refractivity contribution is 6.01. The molecule has 2 aliphatic rings. The number of rotatable bonds is 3. The second-order valence-corrected chi connectivity index (χ2v) is 5.59. The van der Waals surface area contributed by atoms with Crippen LogP contribution in [0.25, 0.3) is 6.08 Å². The molecule has 3 N–H and O–H groups in total. The van der Waals surface area contributed by atoms with E-state index in [1.807, 2.05) is 36.4 Å². The first-order chi connectivity index (χ1) is 11.1. The zero-order chi connectivity index (χ0) is 16.2. The monoisotopic (exact) mass is 310 g/mol. The van der Waals surface area contributed by atoms with E-state index in [4.69, 9.17) is 10.5 Å². The molecule has 5 nitrogen and oxygen atoms in total. The molecule has 1 aromatic carbocycles. The molecule has 23 heavy (non-hydrogen) atoms. The third-order valence-electron chi connectivity index (χ3n) is 4.05. The van der Waals surface area contributed by atoms with Crippen molar-refractivity contribution in [3.63, 3.8) is 0 Å². The predicted octanol–water partition coefficient (Wildman–Crippen LogP) is 1.91. The van der Waals surface area contributed by atoms with Crippen molar-refractivity contribution in [3.8, 4) is 5.75 Å². The zero-order valence-electron chi connectivity index (χ0n) is 12.6. The van der Waals surface area contributed by atoms with Crippen LogP contribution in [0.4, 0.5) is 0 Å².